The van der Waals surface area contributed by atoms with Gasteiger partial charge in [0.1, 0.15) is 5.69 Å². The van der Waals surface area contributed by atoms with Gasteiger partial charge < -0.3 is 5.32 Å². The van der Waals surface area contributed by atoms with Crippen molar-refractivity contribution < 1.29 is 4.79 Å². The molecule has 0 aliphatic heterocycles. The fourth-order valence-corrected chi connectivity index (χ4v) is 1.26. The smallest absolute Gasteiger partial charge is 0.270 e. The van der Waals surface area contributed by atoms with E-state index in [0.717, 1.165) is 11.3 Å². The quantitative estimate of drug-likeness (QED) is 0.765. The normalized spacial score (nSPS) is 11.3. The second-order valence-electron chi connectivity index (χ2n) is 4.82. The van der Waals surface area contributed by atoms with Crippen molar-refractivity contribution in [3.05, 3.63) is 29.1 Å². The lowest BCUT2D eigenvalue weighted by atomic mass is 10.1. The fourth-order valence-electron chi connectivity index (χ4n) is 1.26. The Morgan fingerprint density at radius 3 is 2.40 bits per heavy atom. The highest BCUT2D eigenvalue weighted by molar-refractivity contribution is 5.94. The first-order valence-corrected chi connectivity index (χ1v) is 5.06. The average Bonchev–Trinajstić information content (AvgIpc) is 2.06. The minimum absolute atomic E-state index is 0.108. The van der Waals surface area contributed by atoms with Gasteiger partial charge in [0.15, 0.2) is 0 Å². The molecule has 0 aliphatic carbocycles. The Labute approximate surface area is 90.9 Å². The summed E-state index contributed by atoms with van der Waals surface area (Å²) >= 11 is 0. The summed E-state index contributed by atoms with van der Waals surface area (Å²) in [5, 5.41) is 2.90. The Kier molecular flexibility index (Phi) is 3.12. The maximum absolute atomic E-state index is 11.9. The molecule has 1 aromatic heterocycles. The predicted octanol–water partition coefficient (Wildman–Crippen LogP) is 2.23. The molecular weight excluding hydrogens is 188 g/mol. The van der Waals surface area contributed by atoms with Crippen LogP contribution in [-0.2, 0) is 0 Å². The van der Waals surface area contributed by atoms with E-state index in [-0.39, 0.29) is 11.4 Å². The van der Waals surface area contributed by atoms with Crippen LogP contribution in [-0.4, -0.2) is 16.4 Å². The number of pyridine rings is 1. The van der Waals surface area contributed by atoms with Crippen LogP contribution in [0, 0.1) is 13.8 Å². The first kappa shape index (κ1) is 11.7. The van der Waals surface area contributed by atoms with Gasteiger partial charge in [0, 0.05) is 11.2 Å². The Hall–Kier alpha value is -1.38. The maximum Gasteiger partial charge on any atom is 0.270 e. The molecule has 0 aliphatic rings. The van der Waals surface area contributed by atoms with E-state index in [1.54, 1.807) is 0 Å². The van der Waals surface area contributed by atoms with E-state index < -0.39 is 0 Å². The molecule has 0 bridgehead atoms. The minimum Gasteiger partial charge on any atom is -0.346 e. The lowest BCUT2D eigenvalue weighted by Crippen LogP contribution is -2.41. The van der Waals surface area contributed by atoms with E-state index >= 15 is 0 Å². The number of nitrogens with zero attached hydrogens (tertiary/aromatic N) is 1. The molecule has 0 saturated carbocycles. The third-order valence-electron chi connectivity index (χ3n) is 1.94. The van der Waals surface area contributed by atoms with Crippen LogP contribution in [0.5, 0.6) is 0 Å². The number of nitrogens with one attached hydrogen (secondary N) is 1. The molecule has 82 valence electrons. The molecule has 3 nitrogen and oxygen atoms in total. The SMILES string of the molecule is Cc1ccc(C)c(C(=O)NC(C)(C)C)n1. The first-order valence-electron chi connectivity index (χ1n) is 5.06. The minimum atomic E-state index is -0.227. The summed E-state index contributed by atoms with van der Waals surface area (Å²) in [6.07, 6.45) is 0. The Morgan fingerprint density at radius 1 is 1.27 bits per heavy atom. The van der Waals surface area contributed by atoms with E-state index in [4.69, 9.17) is 0 Å². The zero-order valence-corrected chi connectivity index (χ0v) is 10.0. The summed E-state index contributed by atoms with van der Waals surface area (Å²) in [5.74, 6) is -0.108. The highest BCUT2D eigenvalue weighted by Gasteiger charge is 2.17. The summed E-state index contributed by atoms with van der Waals surface area (Å²) in [4.78, 5) is 16.1. The molecule has 0 aromatic carbocycles. The monoisotopic (exact) mass is 206 g/mol. The molecule has 3 heteroatoms. The van der Waals surface area contributed by atoms with Crippen LogP contribution < -0.4 is 5.32 Å². The maximum atomic E-state index is 11.9. The summed E-state index contributed by atoms with van der Waals surface area (Å²) < 4.78 is 0. The molecule has 0 radical (unpaired) electrons. The number of aryl methyl sites for hydroxylation is 2. The molecule has 15 heavy (non-hydrogen) atoms. The first-order chi connectivity index (χ1) is 6.79. The molecule has 0 atom stereocenters. The highest BCUT2D eigenvalue weighted by atomic mass is 16.2. The third kappa shape index (κ3) is 3.35. The molecule has 1 aromatic rings. The average molecular weight is 206 g/mol. The van der Waals surface area contributed by atoms with E-state index in [1.165, 1.54) is 0 Å². The third-order valence-corrected chi connectivity index (χ3v) is 1.94. The summed E-state index contributed by atoms with van der Waals surface area (Å²) in [7, 11) is 0. The Bertz CT molecular complexity index is 378. The Balaban J connectivity index is 2.96. The van der Waals surface area contributed by atoms with Gasteiger partial charge in [0.05, 0.1) is 0 Å². The number of aromatic nitrogens is 1. The van der Waals surface area contributed by atoms with Gasteiger partial charge in [-0.25, -0.2) is 4.98 Å². The van der Waals surface area contributed by atoms with Crippen molar-refractivity contribution >= 4 is 5.91 Å². The zero-order valence-electron chi connectivity index (χ0n) is 10.0. The lowest BCUT2D eigenvalue weighted by molar-refractivity contribution is 0.0913. The van der Waals surface area contributed by atoms with Crippen LogP contribution in [0.25, 0.3) is 0 Å². The summed E-state index contributed by atoms with van der Waals surface area (Å²) in [6.45, 7) is 9.64. The molecule has 1 N–H and O–H groups in total. The van der Waals surface area contributed by atoms with Crippen molar-refractivity contribution in [2.75, 3.05) is 0 Å². The second kappa shape index (κ2) is 4.01. The molecule has 1 amide bonds. The molecular formula is C12H18N2O. The number of carbonyl (C=O) groups excluding carboxylic acids is 1. The lowest BCUT2D eigenvalue weighted by Gasteiger charge is -2.20. The second-order valence-corrected chi connectivity index (χ2v) is 4.82. The van der Waals surface area contributed by atoms with Gasteiger partial charge in [-0.05, 0) is 46.2 Å². The van der Waals surface area contributed by atoms with Crippen molar-refractivity contribution in [1.29, 1.82) is 0 Å². The fraction of sp³-hybridized carbons (Fsp3) is 0.500. The van der Waals surface area contributed by atoms with Gasteiger partial charge in [-0.15, -0.1) is 0 Å². The summed E-state index contributed by atoms with van der Waals surface area (Å²) in [5.41, 5.74) is 2.06. The molecule has 0 saturated heterocycles. The van der Waals surface area contributed by atoms with E-state index in [9.17, 15) is 4.79 Å². The van der Waals surface area contributed by atoms with Crippen LogP contribution in [0.3, 0.4) is 0 Å². The van der Waals surface area contributed by atoms with E-state index in [0.29, 0.717) is 5.69 Å². The van der Waals surface area contributed by atoms with Crippen LogP contribution >= 0.6 is 0 Å². The van der Waals surface area contributed by atoms with Crippen molar-refractivity contribution in [3.63, 3.8) is 0 Å². The largest absolute Gasteiger partial charge is 0.346 e. The van der Waals surface area contributed by atoms with Crippen molar-refractivity contribution in [2.45, 2.75) is 40.2 Å². The van der Waals surface area contributed by atoms with Crippen molar-refractivity contribution in [3.8, 4) is 0 Å². The standard InChI is InChI=1S/C12H18N2O/c1-8-6-7-9(2)13-10(8)11(15)14-12(3,4)5/h6-7H,1-5H3,(H,14,15). The number of rotatable bonds is 1. The topological polar surface area (TPSA) is 42.0 Å². The highest BCUT2D eigenvalue weighted by Crippen LogP contribution is 2.08. The van der Waals surface area contributed by atoms with E-state index in [2.05, 4.69) is 10.3 Å². The number of hydrogen-bond donors (Lipinski definition) is 1. The number of carbonyl (C=O) groups is 1. The molecule has 0 fully saturated rings. The van der Waals surface area contributed by atoms with Gasteiger partial charge >= 0.3 is 0 Å². The van der Waals surface area contributed by atoms with Gasteiger partial charge in [-0.2, -0.15) is 0 Å². The van der Waals surface area contributed by atoms with Crippen LogP contribution in [0.15, 0.2) is 12.1 Å². The summed E-state index contributed by atoms with van der Waals surface area (Å²) in [6, 6.07) is 3.82. The molecule has 0 spiro atoms. The van der Waals surface area contributed by atoms with Crippen molar-refractivity contribution in [2.24, 2.45) is 0 Å². The van der Waals surface area contributed by atoms with Crippen LogP contribution in [0.1, 0.15) is 42.5 Å². The number of hydrogen-bond acceptors (Lipinski definition) is 2. The van der Waals surface area contributed by atoms with Crippen molar-refractivity contribution in [1.82, 2.24) is 10.3 Å². The van der Waals surface area contributed by atoms with Gasteiger partial charge in [0.2, 0.25) is 0 Å². The predicted molar refractivity (Wildman–Crippen MR) is 60.9 cm³/mol. The molecule has 1 heterocycles. The van der Waals surface area contributed by atoms with Crippen LogP contribution in [0.4, 0.5) is 0 Å². The molecule has 0 unspecified atom stereocenters. The van der Waals surface area contributed by atoms with E-state index in [1.807, 2.05) is 46.8 Å². The molecule has 1 rings (SSSR count). The van der Waals surface area contributed by atoms with Gasteiger partial charge in [0.25, 0.3) is 5.91 Å². The zero-order chi connectivity index (χ0) is 11.6. The Morgan fingerprint density at radius 2 is 1.87 bits per heavy atom. The van der Waals surface area contributed by atoms with Crippen LogP contribution in [0.2, 0.25) is 0 Å². The van der Waals surface area contributed by atoms with Gasteiger partial charge in [-0.1, -0.05) is 6.07 Å². The van der Waals surface area contributed by atoms with Gasteiger partial charge in [-0.3, -0.25) is 4.79 Å². The number of amides is 1.